The molecule has 1 atom stereocenters. The predicted octanol–water partition coefficient (Wildman–Crippen LogP) is 20.1. The fourth-order valence-corrected chi connectivity index (χ4v) is 9.21. The molecular formula is C61H116O6. The summed E-state index contributed by atoms with van der Waals surface area (Å²) in [5, 5.41) is 0. The van der Waals surface area contributed by atoms with Gasteiger partial charge in [-0.2, -0.15) is 0 Å². The lowest BCUT2D eigenvalue weighted by Gasteiger charge is -2.18. The Kier molecular flexibility index (Phi) is 55.2. The third kappa shape index (κ3) is 55.0. The SMILES string of the molecule is CCCCCCCCC/C=C\CCCCCCCCCC(=O)OCC(COC(=O)CCCCCCCCCCCCCCCCC)OC(=O)CCCCCCCCCCCCCCCCCC. The summed E-state index contributed by atoms with van der Waals surface area (Å²) >= 11 is 0. The third-order valence-corrected chi connectivity index (χ3v) is 13.8. The van der Waals surface area contributed by atoms with Gasteiger partial charge in [-0.15, -0.1) is 0 Å². The Balaban J connectivity index is 4.31. The summed E-state index contributed by atoms with van der Waals surface area (Å²) in [6.45, 7) is 6.70. The van der Waals surface area contributed by atoms with Crippen LogP contribution in [0.15, 0.2) is 12.2 Å². The van der Waals surface area contributed by atoms with Gasteiger partial charge in [0.25, 0.3) is 0 Å². The van der Waals surface area contributed by atoms with Crippen LogP contribution in [0.3, 0.4) is 0 Å². The molecule has 0 aliphatic rings. The van der Waals surface area contributed by atoms with Crippen molar-refractivity contribution >= 4 is 17.9 Å². The van der Waals surface area contributed by atoms with Crippen LogP contribution in [0.1, 0.15) is 342 Å². The molecule has 0 radical (unpaired) electrons. The molecule has 67 heavy (non-hydrogen) atoms. The maximum Gasteiger partial charge on any atom is 0.306 e. The number of esters is 3. The highest BCUT2D eigenvalue weighted by atomic mass is 16.6. The number of carbonyl (C=O) groups excluding carboxylic acids is 3. The Morgan fingerprint density at radius 1 is 0.284 bits per heavy atom. The van der Waals surface area contributed by atoms with E-state index in [4.69, 9.17) is 14.2 Å². The zero-order valence-corrected chi connectivity index (χ0v) is 45.5. The third-order valence-electron chi connectivity index (χ3n) is 13.8. The van der Waals surface area contributed by atoms with Gasteiger partial charge in [0.1, 0.15) is 13.2 Å². The van der Waals surface area contributed by atoms with E-state index in [0.717, 1.165) is 57.8 Å². The van der Waals surface area contributed by atoms with Crippen molar-refractivity contribution in [2.45, 2.75) is 348 Å². The number of hydrogen-bond donors (Lipinski definition) is 0. The summed E-state index contributed by atoms with van der Waals surface area (Å²) in [4.78, 5) is 38.2. The van der Waals surface area contributed by atoms with Gasteiger partial charge in [-0.1, -0.05) is 290 Å². The topological polar surface area (TPSA) is 78.9 Å². The summed E-state index contributed by atoms with van der Waals surface area (Å²) < 4.78 is 16.9. The van der Waals surface area contributed by atoms with Crippen LogP contribution in [-0.2, 0) is 28.6 Å². The summed E-state index contributed by atoms with van der Waals surface area (Å²) in [5.41, 5.74) is 0. The van der Waals surface area contributed by atoms with Crippen molar-refractivity contribution in [2.75, 3.05) is 13.2 Å². The maximum atomic E-state index is 12.9. The minimum absolute atomic E-state index is 0.0649. The summed E-state index contributed by atoms with van der Waals surface area (Å²) in [6, 6.07) is 0. The molecule has 0 aromatic rings. The lowest BCUT2D eigenvalue weighted by molar-refractivity contribution is -0.167. The van der Waals surface area contributed by atoms with Crippen molar-refractivity contribution in [3.8, 4) is 0 Å². The van der Waals surface area contributed by atoms with Gasteiger partial charge >= 0.3 is 17.9 Å². The number of ether oxygens (including phenoxy) is 3. The molecule has 396 valence electrons. The average Bonchev–Trinajstić information content (AvgIpc) is 3.33. The van der Waals surface area contributed by atoms with E-state index >= 15 is 0 Å². The first-order chi connectivity index (χ1) is 33.0. The molecule has 0 amide bonds. The highest BCUT2D eigenvalue weighted by Crippen LogP contribution is 2.17. The molecule has 0 spiro atoms. The molecule has 0 aliphatic carbocycles. The number of unbranched alkanes of at least 4 members (excludes halogenated alkanes) is 43. The fraction of sp³-hybridized carbons (Fsp3) is 0.918. The summed E-state index contributed by atoms with van der Waals surface area (Å²) in [5.74, 6) is -0.842. The van der Waals surface area contributed by atoms with Crippen LogP contribution in [0.2, 0.25) is 0 Å². The Morgan fingerprint density at radius 2 is 0.493 bits per heavy atom. The van der Waals surface area contributed by atoms with Crippen LogP contribution in [0.5, 0.6) is 0 Å². The molecule has 0 rings (SSSR count). The first-order valence-corrected chi connectivity index (χ1v) is 30.2. The molecule has 0 bridgehead atoms. The van der Waals surface area contributed by atoms with Gasteiger partial charge in [0.15, 0.2) is 6.10 Å². The summed E-state index contributed by atoms with van der Waals surface area (Å²) in [7, 11) is 0. The zero-order chi connectivity index (χ0) is 48.6. The standard InChI is InChI=1S/C61H116O6/c1-4-7-10-13-16-19-22-25-28-30-31-34-36-39-42-45-48-51-54-60(63)66-57-58(56-65-59(62)53-50-47-44-41-38-35-32-27-24-21-18-15-12-9-6-3)67-61(64)55-52-49-46-43-40-37-33-29-26-23-20-17-14-11-8-5-2/h28,30,58H,4-27,29,31-57H2,1-3H3/b30-28-. The van der Waals surface area contributed by atoms with Gasteiger partial charge in [-0.05, 0) is 44.9 Å². The molecule has 0 saturated carbocycles. The van der Waals surface area contributed by atoms with Crippen LogP contribution in [0.25, 0.3) is 0 Å². The Bertz CT molecular complexity index is 1040. The van der Waals surface area contributed by atoms with Crippen LogP contribution in [0.4, 0.5) is 0 Å². The Labute approximate surface area is 418 Å². The van der Waals surface area contributed by atoms with E-state index in [9.17, 15) is 14.4 Å². The summed E-state index contributed by atoms with van der Waals surface area (Å²) in [6.07, 6.45) is 64.9. The van der Waals surface area contributed by atoms with Gasteiger partial charge in [-0.3, -0.25) is 14.4 Å². The minimum atomic E-state index is -0.766. The number of allylic oxidation sites excluding steroid dienone is 2. The van der Waals surface area contributed by atoms with Crippen molar-refractivity contribution in [1.82, 2.24) is 0 Å². The molecule has 6 nitrogen and oxygen atoms in total. The van der Waals surface area contributed by atoms with Crippen molar-refractivity contribution < 1.29 is 28.6 Å². The number of carbonyl (C=O) groups is 3. The minimum Gasteiger partial charge on any atom is -0.462 e. The second kappa shape index (κ2) is 56.7. The van der Waals surface area contributed by atoms with Crippen LogP contribution in [-0.4, -0.2) is 37.2 Å². The van der Waals surface area contributed by atoms with Crippen molar-refractivity contribution in [2.24, 2.45) is 0 Å². The second-order valence-corrected chi connectivity index (χ2v) is 20.6. The molecule has 1 unspecified atom stereocenters. The van der Waals surface area contributed by atoms with E-state index < -0.39 is 6.10 Å². The van der Waals surface area contributed by atoms with E-state index in [1.54, 1.807) is 0 Å². The van der Waals surface area contributed by atoms with Crippen molar-refractivity contribution in [3.05, 3.63) is 12.2 Å². The molecular weight excluding hydrogens is 829 g/mol. The van der Waals surface area contributed by atoms with Gasteiger partial charge in [0.05, 0.1) is 0 Å². The first-order valence-electron chi connectivity index (χ1n) is 30.2. The fourth-order valence-electron chi connectivity index (χ4n) is 9.21. The van der Waals surface area contributed by atoms with Crippen LogP contribution < -0.4 is 0 Å². The van der Waals surface area contributed by atoms with E-state index in [-0.39, 0.29) is 31.1 Å². The van der Waals surface area contributed by atoms with Crippen LogP contribution >= 0.6 is 0 Å². The molecule has 0 saturated heterocycles. The van der Waals surface area contributed by atoms with Gasteiger partial charge in [0, 0.05) is 19.3 Å². The first kappa shape index (κ1) is 65.1. The predicted molar refractivity (Wildman–Crippen MR) is 289 cm³/mol. The molecule has 0 aliphatic heterocycles. The van der Waals surface area contributed by atoms with Gasteiger partial charge in [0.2, 0.25) is 0 Å². The van der Waals surface area contributed by atoms with Gasteiger partial charge in [-0.25, -0.2) is 0 Å². The lowest BCUT2D eigenvalue weighted by Crippen LogP contribution is -2.30. The molecule has 0 aromatic carbocycles. The largest absolute Gasteiger partial charge is 0.462 e. The quantitative estimate of drug-likeness (QED) is 0.0262. The number of rotatable bonds is 56. The van der Waals surface area contributed by atoms with Crippen molar-refractivity contribution in [3.63, 3.8) is 0 Å². The van der Waals surface area contributed by atoms with Gasteiger partial charge < -0.3 is 14.2 Å². The molecule has 0 fully saturated rings. The molecule has 0 heterocycles. The van der Waals surface area contributed by atoms with Crippen molar-refractivity contribution in [1.29, 1.82) is 0 Å². The van der Waals surface area contributed by atoms with E-state index in [1.165, 1.54) is 244 Å². The highest BCUT2D eigenvalue weighted by Gasteiger charge is 2.19. The number of hydrogen-bond acceptors (Lipinski definition) is 6. The Hall–Kier alpha value is -1.85. The monoisotopic (exact) mass is 945 g/mol. The smallest absolute Gasteiger partial charge is 0.306 e. The molecule has 0 N–H and O–H groups in total. The van der Waals surface area contributed by atoms with E-state index in [1.807, 2.05) is 0 Å². The molecule has 0 aromatic heterocycles. The normalized spacial score (nSPS) is 12.0. The van der Waals surface area contributed by atoms with Crippen LogP contribution in [0, 0.1) is 0 Å². The zero-order valence-electron chi connectivity index (χ0n) is 45.5. The van der Waals surface area contributed by atoms with E-state index in [0.29, 0.717) is 19.3 Å². The maximum absolute atomic E-state index is 12.9. The highest BCUT2D eigenvalue weighted by molar-refractivity contribution is 5.71. The lowest BCUT2D eigenvalue weighted by atomic mass is 10.0. The molecule has 6 heteroatoms. The average molecular weight is 946 g/mol. The Morgan fingerprint density at radius 3 is 0.746 bits per heavy atom. The second-order valence-electron chi connectivity index (χ2n) is 20.6. The van der Waals surface area contributed by atoms with E-state index in [2.05, 4.69) is 32.9 Å².